The Labute approximate surface area is 402 Å². The quantitative estimate of drug-likeness (QED) is 0.0341. The fourth-order valence-electron chi connectivity index (χ4n) is 9.52. The minimum atomic E-state index is -1.40. The van der Waals surface area contributed by atoms with Crippen molar-refractivity contribution in [3.05, 3.63) is 225 Å². The van der Waals surface area contributed by atoms with Crippen LogP contribution in [0.1, 0.15) is 153 Å². The minimum Gasteiger partial charge on any atom is -0.376 e. The molecule has 0 spiro atoms. The Bertz CT molecular complexity index is 2490. The van der Waals surface area contributed by atoms with Gasteiger partial charge >= 0.3 is 0 Å². The van der Waals surface area contributed by atoms with Gasteiger partial charge in [0.25, 0.3) is 0 Å². The first-order valence-corrected chi connectivity index (χ1v) is 25.4. The number of hydrogen-bond donors (Lipinski definition) is 4. The molecule has 0 aliphatic heterocycles. The lowest BCUT2D eigenvalue weighted by molar-refractivity contribution is 0.126. The molecule has 1 atom stereocenters. The van der Waals surface area contributed by atoms with E-state index in [9.17, 15) is 10.2 Å². The Kier molecular flexibility index (Phi) is 17.7. The van der Waals surface area contributed by atoms with Gasteiger partial charge in [0.1, 0.15) is 11.2 Å². The lowest BCUT2D eigenvalue weighted by atomic mass is 9.79. The number of nitrogens with one attached hydrogen (secondary N) is 2. The summed E-state index contributed by atoms with van der Waals surface area (Å²) in [6.45, 7) is 8.82. The molecule has 0 aliphatic carbocycles. The maximum atomic E-state index is 13.2. The molecule has 0 heterocycles. The van der Waals surface area contributed by atoms with E-state index < -0.39 is 11.2 Å². The van der Waals surface area contributed by atoms with Gasteiger partial charge in [-0.2, -0.15) is 0 Å². The van der Waals surface area contributed by atoms with E-state index in [0.717, 1.165) is 81.0 Å². The molecule has 7 rings (SSSR count). The molecule has 7 aromatic carbocycles. The van der Waals surface area contributed by atoms with Crippen molar-refractivity contribution in [1.29, 1.82) is 0 Å². The van der Waals surface area contributed by atoms with Gasteiger partial charge in [0, 0.05) is 33.9 Å². The van der Waals surface area contributed by atoms with E-state index in [1.807, 2.05) is 54.6 Å². The second-order valence-corrected chi connectivity index (χ2v) is 18.7. The Morgan fingerprint density at radius 1 is 0.343 bits per heavy atom. The number of benzene rings is 7. The topological polar surface area (TPSA) is 64.5 Å². The zero-order chi connectivity index (χ0) is 46.9. The summed E-state index contributed by atoms with van der Waals surface area (Å²) in [5, 5.41) is 33.6. The molecule has 348 valence electrons. The number of aliphatic hydroxyl groups is 2. The summed E-state index contributed by atoms with van der Waals surface area (Å²) in [4.78, 5) is 0. The lowest BCUT2D eigenvalue weighted by Gasteiger charge is -2.32. The number of hydrogen-bond acceptors (Lipinski definition) is 4. The van der Waals surface area contributed by atoms with Crippen LogP contribution in [0.3, 0.4) is 0 Å². The van der Waals surface area contributed by atoms with Crippen LogP contribution in [0.25, 0.3) is 0 Å². The van der Waals surface area contributed by atoms with Gasteiger partial charge < -0.3 is 20.8 Å². The van der Waals surface area contributed by atoms with Gasteiger partial charge in [-0.15, -0.1) is 0 Å². The molecule has 67 heavy (non-hydrogen) atoms. The van der Waals surface area contributed by atoms with E-state index in [0.29, 0.717) is 0 Å². The lowest BCUT2D eigenvalue weighted by Crippen LogP contribution is -2.30. The van der Waals surface area contributed by atoms with Crippen LogP contribution >= 0.6 is 0 Å². The van der Waals surface area contributed by atoms with Gasteiger partial charge in [0.15, 0.2) is 0 Å². The molecule has 7 aromatic rings. The van der Waals surface area contributed by atoms with Gasteiger partial charge in [-0.05, 0) is 121 Å². The van der Waals surface area contributed by atoms with Crippen molar-refractivity contribution in [3.63, 3.8) is 0 Å². The highest BCUT2D eigenvalue weighted by molar-refractivity contribution is 5.72. The monoisotopic (exact) mass is 891 g/mol. The van der Waals surface area contributed by atoms with Gasteiger partial charge in [-0.25, -0.2) is 0 Å². The molecule has 0 fully saturated rings. The van der Waals surface area contributed by atoms with Crippen LogP contribution in [0.15, 0.2) is 170 Å². The van der Waals surface area contributed by atoms with Gasteiger partial charge in [-0.3, -0.25) is 0 Å². The first kappa shape index (κ1) is 49.0. The fourth-order valence-corrected chi connectivity index (χ4v) is 9.52. The number of aryl methyl sites for hydroxylation is 4. The van der Waals surface area contributed by atoms with Crippen molar-refractivity contribution in [3.8, 4) is 0 Å². The van der Waals surface area contributed by atoms with Crippen LogP contribution in [-0.2, 0) is 30.5 Å². The maximum absolute atomic E-state index is 13.2. The molecule has 0 aliphatic rings. The van der Waals surface area contributed by atoms with Crippen molar-refractivity contribution < 1.29 is 10.2 Å². The van der Waals surface area contributed by atoms with Crippen molar-refractivity contribution in [1.82, 2.24) is 0 Å². The normalized spacial score (nSPS) is 12.4. The largest absolute Gasteiger partial charge is 0.376 e. The van der Waals surface area contributed by atoms with E-state index >= 15 is 0 Å². The number of para-hydroxylation sites is 2. The standard InChI is InChI=1S/C63H74N2O2/c1-5-8-11-14-21-49-30-38-53(39-31-49)62(66,52-36-28-48(4)29-37-52)58-24-17-19-26-60(58)64-56-44-46-57(47-45-56)65-61-27-20-18-25-59(61)63(67,54-40-32-50(33-41-54)22-15-12-9-6-2)55-42-34-51(35-43-55)23-16-13-10-7-3/h17-20,24-47,64-67H,5-16,21-23H2,1-4H3. The molecule has 0 saturated heterocycles. The second-order valence-electron chi connectivity index (χ2n) is 18.7. The highest BCUT2D eigenvalue weighted by Gasteiger charge is 2.37. The molecule has 0 aromatic heterocycles. The predicted molar refractivity (Wildman–Crippen MR) is 284 cm³/mol. The van der Waals surface area contributed by atoms with Crippen LogP contribution in [0.5, 0.6) is 0 Å². The van der Waals surface area contributed by atoms with Crippen LogP contribution in [0.2, 0.25) is 0 Å². The van der Waals surface area contributed by atoms with E-state index in [-0.39, 0.29) is 0 Å². The average Bonchev–Trinajstić information content (AvgIpc) is 3.37. The predicted octanol–water partition coefficient (Wildman–Crippen LogP) is 16.4. The number of rotatable bonds is 25. The highest BCUT2D eigenvalue weighted by Crippen LogP contribution is 2.43. The average molecular weight is 891 g/mol. The summed E-state index contributed by atoms with van der Waals surface area (Å²) in [5.74, 6) is 0. The van der Waals surface area contributed by atoms with Crippen molar-refractivity contribution in [2.24, 2.45) is 0 Å². The molecule has 4 N–H and O–H groups in total. The maximum Gasteiger partial charge on any atom is 0.142 e. The van der Waals surface area contributed by atoms with Crippen LogP contribution in [-0.4, -0.2) is 10.2 Å². The zero-order valence-corrected chi connectivity index (χ0v) is 40.7. The molecule has 0 radical (unpaired) electrons. The molecule has 0 amide bonds. The highest BCUT2D eigenvalue weighted by atomic mass is 16.3. The van der Waals surface area contributed by atoms with Crippen molar-refractivity contribution >= 4 is 22.7 Å². The fraction of sp³-hybridized carbons (Fsp3) is 0.333. The molecule has 4 heteroatoms. The van der Waals surface area contributed by atoms with Crippen LogP contribution < -0.4 is 10.6 Å². The van der Waals surface area contributed by atoms with Crippen LogP contribution in [0, 0.1) is 6.92 Å². The SMILES string of the molecule is CCCCCCc1ccc(C(O)(c2ccc(C)cc2)c2ccccc2Nc2ccc(Nc3ccccc3C(O)(c3ccc(CCCCCC)cc3)c3ccc(CCCCCC)cc3)cc2)cc1. The summed E-state index contributed by atoms with van der Waals surface area (Å²) in [6.07, 6.45) is 17.8. The summed E-state index contributed by atoms with van der Waals surface area (Å²) < 4.78 is 0. The number of anilines is 4. The third kappa shape index (κ3) is 12.3. The molecule has 4 nitrogen and oxygen atoms in total. The summed E-state index contributed by atoms with van der Waals surface area (Å²) >= 11 is 0. The second kappa shape index (κ2) is 24.2. The Balaban J connectivity index is 1.16. The molecular formula is C63H74N2O2. The smallest absolute Gasteiger partial charge is 0.142 e. The minimum absolute atomic E-state index is 0.777. The summed E-state index contributed by atoms with van der Waals surface area (Å²) in [6, 6.07) is 58.5. The molecule has 0 saturated carbocycles. The van der Waals surface area contributed by atoms with E-state index in [1.54, 1.807) is 0 Å². The first-order valence-electron chi connectivity index (χ1n) is 25.4. The molecule has 0 bridgehead atoms. The third-order valence-electron chi connectivity index (χ3n) is 13.6. The number of unbranched alkanes of at least 4 members (excludes halogenated alkanes) is 9. The van der Waals surface area contributed by atoms with Crippen molar-refractivity contribution in [2.75, 3.05) is 10.6 Å². The van der Waals surface area contributed by atoms with Gasteiger partial charge in [0.2, 0.25) is 0 Å². The van der Waals surface area contributed by atoms with E-state index in [2.05, 4.69) is 154 Å². The van der Waals surface area contributed by atoms with Crippen molar-refractivity contribution in [2.45, 2.75) is 135 Å². The Morgan fingerprint density at radius 3 is 0.955 bits per heavy atom. The van der Waals surface area contributed by atoms with Gasteiger partial charge in [-0.1, -0.05) is 218 Å². The molecular weight excluding hydrogens is 817 g/mol. The zero-order valence-electron chi connectivity index (χ0n) is 40.7. The van der Waals surface area contributed by atoms with E-state index in [4.69, 9.17) is 0 Å². The Morgan fingerprint density at radius 2 is 0.642 bits per heavy atom. The first-order chi connectivity index (χ1) is 32.8. The third-order valence-corrected chi connectivity index (χ3v) is 13.6. The molecule has 1 unspecified atom stereocenters. The van der Waals surface area contributed by atoms with Crippen LogP contribution in [0.4, 0.5) is 22.7 Å². The summed E-state index contributed by atoms with van der Waals surface area (Å²) in [7, 11) is 0. The summed E-state index contributed by atoms with van der Waals surface area (Å²) in [5.41, 5.74) is 10.6. The van der Waals surface area contributed by atoms with Gasteiger partial charge in [0.05, 0.1) is 0 Å². The van der Waals surface area contributed by atoms with E-state index in [1.165, 1.54) is 93.7 Å². The Hall–Kier alpha value is -5.94.